The van der Waals surface area contributed by atoms with E-state index in [1.807, 2.05) is 48.5 Å². The molecule has 26 heavy (non-hydrogen) atoms. The lowest BCUT2D eigenvalue weighted by atomic mass is 10.2. The lowest BCUT2D eigenvalue weighted by Gasteiger charge is -2.24. The molecule has 2 N–H and O–H groups in total. The van der Waals surface area contributed by atoms with Crippen molar-refractivity contribution in [3.05, 3.63) is 48.5 Å². The SMILES string of the molecule is O=C(CC1Sc2ccccc2NC1=O)Nc1ccccc1N1CCCC1. The van der Waals surface area contributed by atoms with Crippen LogP contribution in [0.15, 0.2) is 53.4 Å². The normalized spacial score (nSPS) is 19.0. The van der Waals surface area contributed by atoms with Crippen molar-refractivity contribution < 1.29 is 9.59 Å². The van der Waals surface area contributed by atoms with E-state index >= 15 is 0 Å². The monoisotopic (exact) mass is 367 g/mol. The molecule has 1 unspecified atom stereocenters. The first-order chi connectivity index (χ1) is 12.7. The summed E-state index contributed by atoms with van der Waals surface area (Å²) in [5, 5.41) is 5.48. The van der Waals surface area contributed by atoms with Crippen LogP contribution in [0.2, 0.25) is 0 Å². The molecule has 0 bridgehead atoms. The Morgan fingerprint density at radius 1 is 1.12 bits per heavy atom. The van der Waals surface area contributed by atoms with Gasteiger partial charge in [-0.2, -0.15) is 0 Å². The van der Waals surface area contributed by atoms with Gasteiger partial charge in [0.1, 0.15) is 0 Å². The Balaban J connectivity index is 1.44. The standard InChI is InChI=1S/C20H21N3O2S/c24-19(13-18-20(25)22-15-8-2-4-10-17(15)26-18)21-14-7-1-3-9-16(14)23-11-5-6-12-23/h1-4,7-10,18H,5-6,11-13H2,(H,21,24)(H,22,25). The van der Waals surface area contributed by atoms with Crippen LogP contribution in [0.25, 0.3) is 0 Å². The molecule has 0 saturated carbocycles. The van der Waals surface area contributed by atoms with Gasteiger partial charge in [0.2, 0.25) is 11.8 Å². The van der Waals surface area contributed by atoms with Crippen LogP contribution in [0.4, 0.5) is 17.1 Å². The van der Waals surface area contributed by atoms with E-state index in [0.717, 1.165) is 35.0 Å². The summed E-state index contributed by atoms with van der Waals surface area (Å²) in [5.74, 6) is -0.250. The van der Waals surface area contributed by atoms with Crippen LogP contribution in [-0.2, 0) is 9.59 Å². The Kier molecular flexibility index (Phi) is 4.84. The number of nitrogens with zero attached hydrogens (tertiary/aromatic N) is 1. The minimum Gasteiger partial charge on any atom is -0.370 e. The zero-order valence-electron chi connectivity index (χ0n) is 14.4. The molecule has 4 rings (SSSR count). The Morgan fingerprint density at radius 3 is 2.69 bits per heavy atom. The van der Waals surface area contributed by atoms with Crippen LogP contribution in [0, 0.1) is 0 Å². The predicted octanol–water partition coefficient (Wildman–Crippen LogP) is 3.73. The summed E-state index contributed by atoms with van der Waals surface area (Å²) in [6, 6.07) is 15.6. The molecule has 0 radical (unpaired) electrons. The van der Waals surface area contributed by atoms with Gasteiger partial charge in [-0.15, -0.1) is 11.8 Å². The van der Waals surface area contributed by atoms with Crippen molar-refractivity contribution in [1.82, 2.24) is 0 Å². The molecular formula is C20H21N3O2S. The first-order valence-corrected chi connectivity index (χ1v) is 9.79. The highest BCUT2D eigenvalue weighted by Gasteiger charge is 2.29. The topological polar surface area (TPSA) is 61.4 Å². The molecule has 2 aliphatic heterocycles. The Morgan fingerprint density at radius 2 is 1.85 bits per heavy atom. The molecule has 2 amide bonds. The Hall–Kier alpha value is -2.47. The number of nitrogens with one attached hydrogen (secondary N) is 2. The summed E-state index contributed by atoms with van der Waals surface area (Å²) in [6.45, 7) is 2.04. The van der Waals surface area contributed by atoms with Gasteiger partial charge in [-0.3, -0.25) is 9.59 Å². The average Bonchev–Trinajstić information content (AvgIpc) is 3.17. The first-order valence-electron chi connectivity index (χ1n) is 8.91. The highest BCUT2D eigenvalue weighted by Crippen LogP contribution is 2.37. The molecule has 0 spiro atoms. The van der Waals surface area contributed by atoms with E-state index in [0.29, 0.717) is 0 Å². The van der Waals surface area contributed by atoms with Gasteiger partial charge in [-0.1, -0.05) is 24.3 Å². The van der Waals surface area contributed by atoms with Crippen LogP contribution in [-0.4, -0.2) is 30.2 Å². The summed E-state index contributed by atoms with van der Waals surface area (Å²) in [6.07, 6.45) is 2.51. The molecule has 5 nitrogen and oxygen atoms in total. The fraction of sp³-hybridized carbons (Fsp3) is 0.300. The molecule has 2 aromatic carbocycles. The molecule has 0 aromatic heterocycles. The van der Waals surface area contributed by atoms with Crippen molar-refractivity contribution in [2.45, 2.75) is 29.4 Å². The average molecular weight is 367 g/mol. The van der Waals surface area contributed by atoms with Gasteiger partial charge in [0.25, 0.3) is 0 Å². The lowest BCUT2D eigenvalue weighted by molar-refractivity contribution is -0.120. The third-order valence-electron chi connectivity index (χ3n) is 4.70. The van der Waals surface area contributed by atoms with E-state index in [-0.39, 0.29) is 18.2 Å². The number of benzene rings is 2. The lowest BCUT2D eigenvalue weighted by Crippen LogP contribution is -2.32. The molecule has 1 atom stereocenters. The van der Waals surface area contributed by atoms with Crippen LogP contribution >= 0.6 is 11.8 Å². The molecule has 1 saturated heterocycles. The van der Waals surface area contributed by atoms with E-state index in [9.17, 15) is 9.59 Å². The Bertz CT molecular complexity index is 833. The number of amides is 2. The van der Waals surface area contributed by atoms with Crippen molar-refractivity contribution in [2.24, 2.45) is 0 Å². The van der Waals surface area contributed by atoms with Crippen LogP contribution < -0.4 is 15.5 Å². The number of fused-ring (bicyclic) bond motifs is 1. The molecule has 2 heterocycles. The van der Waals surface area contributed by atoms with E-state index in [1.54, 1.807) is 0 Å². The summed E-state index contributed by atoms with van der Waals surface area (Å²) < 4.78 is 0. The van der Waals surface area contributed by atoms with Crippen molar-refractivity contribution in [3.8, 4) is 0 Å². The second-order valence-corrected chi connectivity index (χ2v) is 7.80. The van der Waals surface area contributed by atoms with Gasteiger partial charge < -0.3 is 15.5 Å². The highest BCUT2D eigenvalue weighted by molar-refractivity contribution is 8.01. The van der Waals surface area contributed by atoms with Crippen LogP contribution in [0.1, 0.15) is 19.3 Å². The molecule has 2 aliphatic rings. The van der Waals surface area contributed by atoms with Gasteiger partial charge >= 0.3 is 0 Å². The zero-order valence-corrected chi connectivity index (χ0v) is 15.2. The highest BCUT2D eigenvalue weighted by atomic mass is 32.2. The van der Waals surface area contributed by atoms with Crippen molar-refractivity contribution in [2.75, 3.05) is 28.6 Å². The number of carbonyl (C=O) groups excluding carboxylic acids is 2. The molecular weight excluding hydrogens is 346 g/mol. The van der Waals surface area contributed by atoms with Crippen molar-refractivity contribution in [3.63, 3.8) is 0 Å². The third kappa shape index (κ3) is 3.55. The number of thioether (sulfide) groups is 1. The summed E-state index contributed by atoms with van der Waals surface area (Å²) in [5.41, 5.74) is 2.70. The molecule has 6 heteroatoms. The number of rotatable bonds is 4. The molecule has 0 aliphatic carbocycles. The zero-order chi connectivity index (χ0) is 17.9. The fourth-order valence-electron chi connectivity index (χ4n) is 3.41. The van der Waals surface area contributed by atoms with Gasteiger partial charge in [-0.25, -0.2) is 0 Å². The third-order valence-corrected chi connectivity index (χ3v) is 5.98. The molecule has 134 valence electrons. The summed E-state index contributed by atoms with van der Waals surface area (Å²) in [7, 11) is 0. The number of carbonyl (C=O) groups is 2. The fourth-order valence-corrected chi connectivity index (χ4v) is 4.52. The maximum Gasteiger partial charge on any atom is 0.238 e. The number of hydrogen-bond acceptors (Lipinski definition) is 4. The van der Waals surface area contributed by atoms with Gasteiger partial charge in [-0.05, 0) is 37.1 Å². The minimum absolute atomic E-state index is 0.114. The van der Waals surface area contributed by atoms with Gasteiger partial charge in [0.15, 0.2) is 0 Å². The number of hydrogen-bond donors (Lipinski definition) is 2. The smallest absolute Gasteiger partial charge is 0.238 e. The van der Waals surface area contributed by atoms with Crippen molar-refractivity contribution >= 4 is 40.6 Å². The van der Waals surface area contributed by atoms with Gasteiger partial charge in [0, 0.05) is 24.4 Å². The van der Waals surface area contributed by atoms with Crippen LogP contribution in [0.5, 0.6) is 0 Å². The Labute approximate surface area is 157 Å². The predicted molar refractivity (Wildman–Crippen MR) is 106 cm³/mol. The first kappa shape index (κ1) is 17.0. The van der Waals surface area contributed by atoms with E-state index < -0.39 is 5.25 Å². The summed E-state index contributed by atoms with van der Waals surface area (Å²) in [4.78, 5) is 28.2. The second kappa shape index (κ2) is 7.41. The second-order valence-electron chi connectivity index (χ2n) is 6.56. The number of anilines is 3. The van der Waals surface area contributed by atoms with E-state index in [2.05, 4.69) is 15.5 Å². The van der Waals surface area contributed by atoms with E-state index in [4.69, 9.17) is 0 Å². The van der Waals surface area contributed by atoms with Crippen LogP contribution in [0.3, 0.4) is 0 Å². The van der Waals surface area contributed by atoms with Crippen molar-refractivity contribution in [1.29, 1.82) is 0 Å². The molecule has 2 aromatic rings. The maximum absolute atomic E-state index is 12.6. The number of para-hydroxylation sites is 3. The maximum atomic E-state index is 12.6. The largest absolute Gasteiger partial charge is 0.370 e. The molecule has 1 fully saturated rings. The quantitative estimate of drug-likeness (QED) is 0.864. The summed E-state index contributed by atoms with van der Waals surface area (Å²) >= 11 is 1.45. The minimum atomic E-state index is -0.413. The van der Waals surface area contributed by atoms with E-state index in [1.165, 1.54) is 24.6 Å². The van der Waals surface area contributed by atoms with Gasteiger partial charge in [0.05, 0.1) is 22.3 Å².